The van der Waals surface area contributed by atoms with E-state index < -0.39 is 0 Å². The van der Waals surface area contributed by atoms with Gasteiger partial charge in [0, 0.05) is 27.3 Å². The van der Waals surface area contributed by atoms with Gasteiger partial charge in [0.05, 0.1) is 0 Å². The van der Waals surface area contributed by atoms with Gasteiger partial charge in [0.15, 0.2) is 0 Å². The molecule has 0 saturated heterocycles. The van der Waals surface area contributed by atoms with Crippen molar-refractivity contribution in [2.75, 3.05) is 4.90 Å². The van der Waals surface area contributed by atoms with E-state index in [2.05, 4.69) is 76.9 Å². The van der Waals surface area contributed by atoms with Crippen molar-refractivity contribution >= 4 is 22.8 Å². The smallest absolute Gasteiger partial charge is 0.0160 e. The van der Waals surface area contributed by atoms with Gasteiger partial charge in [0.1, 0.15) is 0 Å². The minimum Gasteiger partial charge on any atom is -0.465 e. The summed E-state index contributed by atoms with van der Waals surface area (Å²) in [5.74, 6) is 0.0985. The van der Waals surface area contributed by atoms with E-state index in [9.17, 15) is 5.41 Å². The van der Waals surface area contributed by atoms with Crippen LogP contribution >= 0.6 is 0 Å². The number of allylic oxidation sites excluding steroid dienone is 3. The normalized spacial score (nSPS) is 12.2. The predicted octanol–water partition coefficient (Wildman–Crippen LogP) is 9.71. The van der Waals surface area contributed by atoms with Crippen LogP contribution in [0.2, 0.25) is 0 Å². The van der Waals surface area contributed by atoms with E-state index in [4.69, 9.17) is 0 Å². The molecule has 0 bridgehead atoms. The van der Waals surface area contributed by atoms with E-state index >= 15 is 0 Å². The minimum absolute atomic E-state index is 0. The standard InChI is InChI=1S/C37H38N3.Pt/c1-27(28-16-9-8-10-17-28)15-13-21-35(38)40(32-19-14-18-29(23-32)34-20-11-12-22-39-34)33-25-30(36(2,3)4)24-31(26-33)37(5,6)7;/h8-16,18-22,24-26H,1-7H3;/q-3;/b21-13-,27-15+;. The summed E-state index contributed by atoms with van der Waals surface area (Å²) in [5.41, 5.74) is 7.64. The van der Waals surface area contributed by atoms with Gasteiger partial charge in [-0.25, -0.2) is 0 Å². The van der Waals surface area contributed by atoms with Crippen LogP contribution in [0.5, 0.6) is 0 Å². The molecular formula is C37H38N3Pt-3. The number of hydrogen-bond acceptors (Lipinski definition) is 1. The molecule has 3 aromatic carbocycles. The van der Waals surface area contributed by atoms with Crippen LogP contribution in [0.15, 0.2) is 103 Å². The first-order valence-electron chi connectivity index (χ1n) is 13.7. The molecule has 4 rings (SSSR count). The van der Waals surface area contributed by atoms with E-state index in [0.29, 0.717) is 0 Å². The summed E-state index contributed by atoms with van der Waals surface area (Å²) in [6.45, 7) is 15.3. The molecule has 0 aliphatic heterocycles. The average Bonchev–Trinajstić information content (AvgIpc) is 2.93. The van der Waals surface area contributed by atoms with Crippen LogP contribution in [0.25, 0.3) is 22.2 Å². The molecule has 3 nitrogen and oxygen atoms in total. The summed E-state index contributed by atoms with van der Waals surface area (Å²) >= 11 is 0. The van der Waals surface area contributed by atoms with Gasteiger partial charge in [-0.3, -0.25) is 0 Å². The maximum Gasteiger partial charge on any atom is 0.0160 e. The monoisotopic (exact) mass is 719 g/mol. The quantitative estimate of drug-likeness (QED) is 0.0862. The second-order valence-corrected chi connectivity index (χ2v) is 12.1. The summed E-state index contributed by atoms with van der Waals surface area (Å²) in [6, 6.07) is 33.0. The van der Waals surface area contributed by atoms with Crippen molar-refractivity contribution < 1.29 is 21.1 Å². The third-order valence-electron chi connectivity index (χ3n) is 6.82. The van der Waals surface area contributed by atoms with Crippen molar-refractivity contribution in [3.8, 4) is 11.3 Å². The number of anilines is 2. The van der Waals surface area contributed by atoms with Crippen LogP contribution in [0.3, 0.4) is 0 Å². The van der Waals surface area contributed by atoms with Gasteiger partial charge in [-0.15, -0.1) is 83.1 Å². The van der Waals surface area contributed by atoms with Crippen LogP contribution in [-0.2, 0) is 31.9 Å². The number of aromatic nitrogens is 1. The number of amidine groups is 1. The van der Waals surface area contributed by atoms with Gasteiger partial charge in [0.2, 0.25) is 0 Å². The van der Waals surface area contributed by atoms with E-state index in [-0.39, 0.29) is 37.7 Å². The van der Waals surface area contributed by atoms with E-state index in [1.54, 1.807) is 12.3 Å². The molecule has 0 atom stereocenters. The second-order valence-electron chi connectivity index (χ2n) is 12.1. The van der Waals surface area contributed by atoms with Crippen molar-refractivity contribution in [3.05, 3.63) is 138 Å². The van der Waals surface area contributed by atoms with Crippen molar-refractivity contribution in [2.45, 2.75) is 59.3 Å². The zero-order chi connectivity index (χ0) is 28.9. The molecule has 0 aliphatic rings. The summed E-state index contributed by atoms with van der Waals surface area (Å²) in [5, 5.41) is 11.6. The molecule has 4 aromatic rings. The molecule has 0 radical (unpaired) electrons. The first-order valence-corrected chi connectivity index (χ1v) is 13.7. The molecule has 0 saturated carbocycles. The Kier molecular flexibility index (Phi) is 10.5. The maximum atomic E-state index is 11.6. The van der Waals surface area contributed by atoms with E-state index in [1.165, 1.54) is 11.1 Å². The van der Waals surface area contributed by atoms with Gasteiger partial charge in [-0.2, -0.15) is 0 Å². The summed E-state index contributed by atoms with van der Waals surface area (Å²) in [6.07, 6.45) is 7.37. The number of nitrogens with zero attached hydrogens (tertiary/aromatic N) is 3. The van der Waals surface area contributed by atoms with Crippen molar-refractivity contribution in [1.82, 2.24) is 4.98 Å². The van der Waals surface area contributed by atoms with Gasteiger partial charge < -0.3 is 15.3 Å². The number of benzene rings is 3. The first kappa shape index (κ1) is 32.0. The fraction of sp³-hybridized carbons (Fsp3) is 0.243. The molecule has 0 N–H and O–H groups in total. The Hall–Kier alpha value is -3.55. The van der Waals surface area contributed by atoms with E-state index in [1.807, 2.05) is 84.6 Å². The van der Waals surface area contributed by atoms with Crippen LogP contribution < -0.4 is 4.90 Å². The molecule has 214 valence electrons. The first-order chi connectivity index (χ1) is 18.9. The third kappa shape index (κ3) is 8.24. The Morgan fingerprint density at radius 1 is 0.854 bits per heavy atom. The fourth-order valence-electron chi connectivity index (χ4n) is 4.34. The summed E-state index contributed by atoms with van der Waals surface area (Å²) in [7, 11) is 0. The molecule has 4 heteroatoms. The van der Waals surface area contributed by atoms with Crippen molar-refractivity contribution in [1.29, 1.82) is 0 Å². The van der Waals surface area contributed by atoms with Crippen molar-refractivity contribution in [3.63, 3.8) is 0 Å². The van der Waals surface area contributed by atoms with Crippen LogP contribution in [0.1, 0.15) is 65.2 Å². The molecule has 0 aliphatic carbocycles. The number of hydrogen-bond donors (Lipinski definition) is 0. The van der Waals surface area contributed by atoms with Crippen LogP contribution in [0, 0.1) is 12.1 Å². The number of pyridine rings is 1. The fourth-order valence-corrected chi connectivity index (χ4v) is 4.34. The topological polar surface area (TPSA) is 38.4 Å². The average molecular weight is 720 g/mol. The molecule has 0 unspecified atom stereocenters. The molecule has 0 amide bonds. The molecule has 0 fully saturated rings. The van der Waals surface area contributed by atoms with Crippen molar-refractivity contribution in [2.24, 2.45) is 0 Å². The Morgan fingerprint density at radius 3 is 2.12 bits per heavy atom. The van der Waals surface area contributed by atoms with E-state index in [0.717, 1.165) is 33.8 Å². The Labute approximate surface area is 260 Å². The second kappa shape index (κ2) is 13.4. The molecular weight excluding hydrogens is 682 g/mol. The largest absolute Gasteiger partial charge is 0.465 e. The summed E-state index contributed by atoms with van der Waals surface area (Å²) in [4.78, 5) is 6.38. The van der Waals surface area contributed by atoms with Crippen LogP contribution in [-0.4, -0.2) is 10.8 Å². The zero-order valence-electron chi connectivity index (χ0n) is 25.0. The third-order valence-corrected chi connectivity index (χ3v) is 6.82. The summed E-state index contributed by atoms with van der Waals surface area (Å²) < 4.78 is 0. The Balaban J connectivity index is 0.00000462. The Morgan fingerprint density at radius 2 is 1.54 bits per heavy atom. The SMILES string of the molecule is C/C(=C\C=C/C(=[N-])N(c1[c-]c(-c2ccccn2)ccc1)c1cc(C(C)(C)C)cc(C(C)(C)C)c1)c1[c-]cccc1.[Pt]. The minimum atomic E-state index is -0.0707. The molecule has 1 aromatic heterocycles. The molecule has 41 heavy (non-hydrogen) atoms. The zero-order valence-corrected chi connectivity index (χ0v) is 27.2. The predicted molar refractivity (Wildman–Crippen MR) is 171 cm³/mol. The van der Waals surface area contributed by atoms with Gasteiger partial charge in [-0.05, 0) is 39.4 Å². The number of rotatable bonds is 6. The molecule has 1 heterocycles. The van der Waals surface area contributed by atoms with Gasteiger partial charge in [-0.1, -0.05) is 96.8 Å². The maximum absolute atomic E-state index is 11.6. The van der Waals surface area contributed by atoms with Gasteiger partial charge in [0.25, 0.3) is 0 Å². The molecule has 0 spiro atoms. The Bertz CT molecular complexity index is 1490. The van der Waals surface area contributed by atoms with Crippen LogP contribution in [0.4, 0.5) is 11.4 Å². The van der Waals surface area contributed by atoms with Gasteiger partial charge >= 0.3 is 0 Å².